The summed E-state index contributed by atoms with van der Waals surface area (Å²) in [6.45, 7) is 6.64. The van der Waals surface area contributed by atoms with Crippen LogP contribution in [0.25, 0.3) is 0 Å². The van der Waals surface area contributed by atoms with Crippen LogP contribution in [-0.4, -0.2) is 12.5 Å². The van der Waals surface area contributed by atoms with Crippen molar-refractivity contribution < 1.29 is 19.3 Å². The summed E-state index contributed by atoms with van der Waals surface area (Å²) in [5.74, 6) is 0.287. The second kappa shape index (κ2) is 6.77. The van der Waals surface area contributed by atoms with Crippen LogP contribution in [0.1, 0.15) is 18.1 Å². The van der Waals surface area contributed by atoms with E-state index < -0.39 is 5.97 Å². The highest BCUT2D eigenvalue weighted by atomic mass is 17.2. The number of hydrogen-bond donors (Lipinski definition) is 1. The number of ether oxygens (including phenoxy) is 1. The maximum absolute atomic E-state index is 11.6. The lowest BCUT2D eigenvalue weighted by atomic mass is 10.1. The number of rotatable bonds is 6. The fourth-order valence-corrected chi connectivity index (χ4v) is 1.70. The topological polar surface area (TPSA) is 56.8 Å². The van der Waals surface area contributed by atoms with Gasteiger partial charge in [-0.1, -0.05) is 18.2 Å². The van der Waals surface area contributed by atoms with Crippen molar-refractivity contribution in [1.29, 1.82) is 0 Å². The van der Waals surface area contributed by atoms with Gasteiger partial charge in [-0.15, -0.1) is 6.58 Å². The van der Waals surface area contributed by atoms with Crippen molar-refractivity contribution in [3.05, 3.63) is 53.8 Å². The van der Waals surface area contributed by atoms with E-state index >= 15 is 0 Å². The van der Waals surface area contributed by atoms with Crippen molar-refractivity contribution in [2.45, 2.75) is 20.1 Å². The zero-order valence-electron chi connectivity index (χ0n) is 11.3. The molecular formula is C15H17NO4. The first kappa shape index (κ1) is 14.1. The number of fused-ring (bicyclic) bond motifs is 1. The summed E-state index contributed by atoms with van der Waals surface area (Å²) >= 11 is 0. The Morgan fingerprint density at radius 1 is 1.55 bits per heavy atom. The van der Waals surface area contributed by atoms with Crippen LogP contribution in [0.4, 0.5) is 0 Å². The molecule has 5 heteroatoms. The summed E-state index contributed by atoms with van der Waals surface area (Å²) in [6, 6.07) is 5.59. The lowest BCUT2D eigenvalue weighted by Crippen LogP contribution is -2.12. The molecule has 20 heavy (non-hydrogen) atoms. The number of carbonyl (C=O) groups excluding carboxylic acids is 1. The molecule has 1 aromatic rings. The predicted octanol–water partition coefficient (Wildman–Crippen LogP) is 2.23. The molecule has 1 aromatic carbocycles. The molecule has 0 bridgehead atoms. The van der Waals surface area contributed by atoms with Gasteiger partial charge >= 0.3 is 5.97 Å². The van der Waals surface area contributed by atoms with E-state index in [1.807, 2.05) is 18.2 Å². The second-order valence-corrected chi connectivity index (χ2v) is 4.39. The van der Waals surface area contributed by atoms with Crippen LogP contribution < -0.4 is 10.2 Å². The van der Waals surface area contributed by atoms with Crippen LogP contribution in [0.15, 0.2) is 42.6 Å². The third-order valence-electron chi connectivity index (χ3n) is 2.74. The van der Waals surface area contributed by atoms with Crippen LogP contribution in [0.2, 0.25) is 0 Å². The Kier molecular flexibility index (Phi) is 4.79. The zero-order valence-corrected chi connectivity index (χ0v) is 11.3. The average Bonchev–Trinajstić information content (AvgIpc) is 2.90. The molecule has 0 amide bonds. The van der Waals surface area contributed by atoms with Gasteiger partial charge in [0.25, 0.3) is 0 Å². The summed E-state index contributed by atoms with van der Waals surface area (Å²) in [6.07, 6.45) is 3.13. The molecule has 0 aromatic heterocycles. The Labute approximate surface area is 117 Å². The molecule has 0 atom stereocenters. The average molecular weight is 275 g/mol. The van der Waals surface area contributed by atoms with E-state index in [1.165, 1.54) is 6.08 Å². The van der Waals surface area contributed by atoms with E-state index in [-0.39, 0.29) is 6.61 Å². The zero-order chi connectivity index (χ0) is 14.4. The Hall–Kier alpha value is -2.27. The number of nitrogens with one attached hydrogen (secondary N) is 1. The molecule has 0 radical (unpaired) electrons. The summed E-state index contributed by atoms with van der Waals surface area (Å²) in [5.41, 5.74) is 2.58. The van der Waals surface area contributed by atoms with E-state index in [4.69, 9.17) is 14.5 Å². The molecule has 106 valence electrons. The van der Waals surface area contributed by atoms with Gasteiger partial charge in [0, 0.05) is 23.9 Å². The molecule has 0 spiro atoms. The van der Waals surface area contributed by atoms with E-state index in [9.17, 15) is 4.79 Å². The first-order chi connectivity index (χ1) is 9.69. The molecule has 1 heterocycles. The van der Waals surface area contributed by atoms with Crippen molar-refractivity contribution in [3.63, 3.8) is 0 Å². The highest BCUT2D eigenvalue weighted by molar-refractivity contribution is 5.82. The van der Waals surface area contributed by atoms with E-state index in [1.54, 1.807) is 13.0 Å². The van der Waals surface area contributed by atoms with Gasteiger partial charge in [0.1, 0.15) is 13.2 Å². The van der Waals surface area contributed by atoms with Gasteiger partial charge in [-0.3, -0.25) is 0 Å². The first-order valence-electron chi connectivity index (χ1n) is 6.30. The standard InChI is InChI=1S/C15H17NO4/c1-3-6-16-11(2)7-15(17)18-9-12-4-5-13-10-19-20-14(13)8-12/h3-5,7-8,16H,1,6,9-10H2,2H3/b11-7-. The molecule has 5 nitrogen and oxygen atoms in total. The Morgan fingerprint density at radius 2 is 2.40 bits per heavy atom. The van der Waals surface area contributed by atoms with Gasteiger partial charge in [0.05, 0.1) is 0 Å². The first-order valence-corrected chi connectivity index (χ1v) is 6.30. The van der Waals surface area contributed by atoms with Crippen molar-refractivity contribution >= 4 is 5.97 Å². The minimum Gasteiger partial charge on any atom is -0.458 e. The molecule has 0 aliphatic carbocycles. The van der Waals surface area contributed by atoms with Gasteiger partial charge in [-0.05, 0) is 18.6 Å². The van der Waals surface area contributed by atoms with Crippen molar-refractivity contribution in [3.8, 4) is 5.75 Å². The van der Waals surface area contributed by atoms with Crippen molar-refractivity contribution in [1.82, 2.24) is 5.32 Å². The molecular weight excluding hydrogens is 258 g/mol. The maximum atomic E-state index is 11.6. The molecule has 0 unspecified atom stereocenters. The van der Waals surface area contributed by atoms with Crippen molar-refractivity contribution in [2.75, 3.05) is 6.54 Å². The number of allylic oxidation sites excluding steroid dienone is 1. The van der Waals surface area contributed by atoms with Crippen molar-refractivity contribution in [2.24, 2.45) is 0 Å². The predicted molar refractivity (Wildman–Crippen MR) is 73.6 cm³/mol. The van der Waals surface area contributed by atoms with E-state index in [0.717, 1.165) is 16.8 Å². The fourth-order valence-electron chi connectivity index (χ4n) is 1.70. The lowest BCUT2D eigenvalue weighted by molar-refractivity contribution is -0.194. The Bertz CT molecular complexity index is 537. The molecule has 1 N–H and O–H groups in total. The van der Waals surface area contributed by atoms with Crippen LogP contribution >= 0.6 is 0 Å². The van der Waals surface area contributed by atoms with E-state index in [2.05, 4.69) is 11.9 Å². The van der Waals surface area contributed by atoms with Gasteiger partial charge < -0.3 is 14.9 Å². The summed E-state index contributed by atoms with van der Waals surface area (Å²) in [7, 11) is 0. The summed E-state index contributed by atoms with van der Waals surface area (Å²) in [4.78, 5) is 21.4. The third kappa shape index (κ3) is 3.86. The van der Waals surface area contributed by atoms with Crippen LogP contribution in [0.3, 0.4) is 0 Å². The quantitative estimate of drug-likeness (QED) is 0.373. The van der Waals surface area contributed by atoms with Gasteiger partial charge in [0.2, 0.25) is 0 Å². The van der Waals surface area contributed by atoms with Gasteiger partial charge in [-0.25, -0.2) is 4.79 Å². The minimum atomic E-state index is -0.392. The number of carbonyl (C=O) groups is 1. The largest absolute Gasteiger partial charge is 0.458 e. The molecule has 1 aliphatic heterocycles. The molecule has 0 fully saturated rings. The Balaban J connectivity index is 1.85. The highest BCUT2D eigenvalue weighted by Gasteiger charge is 2.14. The van der Waals surface area contributed by atoms with Crippen LogP contribution in [-0.2, 0) is 27.6 Å². The summed E-state index contributed by atoms with van der Waals surface area (Å²) < 4.78 is 5.16. The van der Waals surface area contributed by atoms with Gasteiger partial charge in [0.15, 0.2) is 5.75 Å². The van der Waals surface area contributed by atoms with Crippen LogP contribution in [0, 0.1) is 0 Å². The molecule has 2 rings (SSSR count). The minimum absolute atomic E-state index is 0.195. The second-order valence-electron chi connectivity index (χ2n) is 4.39. The molecule has 1 aliphatic rings. The summed E-state index contributed by atoms with van der Waals surface area (Å²) in [5, 5.41) is 3.00. The molecule has 0 saturated heterocycles. The number of hydrogen-bond acceptors (Lipinski definition) is 5. The lowest BCUT2D eigenvalue weighted by Gasteiger charge is -2.05. The maximum Gasteiger partial charge on any atom is 0.332 e. The number of esters is 1. The third-order valence-corrected chi connectivity index (χ3v) is 2.74. The van der Waals surface area contributed by atoms with E-state index in [0.29, 0.717) is 18.9 Å². The smallest absolute Gasteiger partial charge is 0.332 e. The number of benzene rings is 1. The Morgan fingerprint density at radius 3 is 3.20 bits per heavy atom. The monoisotopic (exact) mass is 275 g/mol. The van der Waals surface area contributed by atoms with Gasteiger partial charge in [-0.2, -0.15) is 4.89 Å². The highest BCUT2D eigenvalue weighted by Crippen LogP contribution is 2.27. The van der Waals surface area contributed by atoms with Crippen LogP contribution in [0.5, 0.6) is 5.75 Å². The fraction of sp³-hybridized carbons (Fsp3) is 0.267. The molecule has 0 saturated carbocycles. The normalized spacial score (nSPS) is 13.3. The SMILES string of the molecule is C=CCN/C(C)=C\C(=O)OCc1ccc2c(c1)OOC2.